The van der Waals surface area contributed by atoms with E-state index in [-0.39, 0.29) is 11.4 Å². The number of pyridine rings is 2. The summed E-state index contributed by atoms with van der Waals surface area (Å²) in [6, 6.07) is 8.07. The summed E-state index contributed by atoms with van der Waals surface area (Å²) in [7, 11) is 0. The Morgan fingerprint density at radius 2 is 1.96 bits per heavy atom. The Hall–Kier alpha value is -3.15. The van der Waals surface area contributed by atoms with E-state index in [9.17, 15) is 18.4 Å². The maximum atomic E-state index is 13.6. The molecule has 28 heavy (non-hydrogen) atoms. The molecule has 0 amide bonds. The van der Waals surface area contributed by atoms with Crippen LogP contribution in [0.4, 0.5) is 19.0 Å². The van der Waals surface area contributed by atoms with Gasteiger partial charge in [-0.15, -0.1) is 0 Å². The van der Waals surface area contributed by atoms with Crippen LogP contribution in [0.5, 0.6) is 0 Å². The van der Waals surface area contributed by atoms with Gasteiger partial charge < -0.3 is 4.90 Å². The molecule has 0 unspecified atom stereocenters. The Morgan fingerprint density at radius 3 is 2.64 bits per heavy atom. The molecule has 0 aliphatic carbocycles. The lowest BCUT2D eigenvalue weighted by Crippen LogP contribution is -2.38. The molecule has 144 valence electrons. The van der Waals surface area contributed by atoms with Crippen molar-refractivity contribution in [3.8, 4) is 17.5 Å². The second kappa shape index (κ2) is 6.48. The zero-order valence-corrected chi connectivity index (χ0v) is 15.1. The number of alkyl halides is 3. The summed E-state index contributed by atoms with van der Waals surface area (Å²) < 4.78 is 40.9. The number of aromatic amines is 1. The van der Waals surface area contributed by atoms with E-state index in [4.69, 9.17) is 0 Å². The molecule has 1 aliphatic heterocycles. The Balaban J connectivity index is 1.79. The number of hydrogen-bond donors (Lipinski definition) is 1. The highest BCUT2D eigenvalue weighted by molar-refractivity contribution is 5.90. The van der Waals surface area contributed by atoms with Gasteiger partial charge in [0.1, 0.15) is 11.5 Å². The highest BCUT2D eigenvalue weighted by Crippen LogP contribution is 2.39. The molecule has 1 N–H and O–H groups in total. The van der Waals surface area contributed by atoms with Gasteiger partial charge in [-0.1, -0.05) is 0 Å². The van der Waals surface area contributed by atoms with Crippen LogP contribution >= 0.6 is 0 Å². The maximum Gasteiger partial charge on any atom is 0.418 e. The Morgan fingerprint density at radius 1 is 1.21 bits per heavy atom. The van der Waals surface area contributed by atoms with Crippen molar-refractivity contribution in [2.45, 2.75) is 25.9 Å². The smallest absolute Gasteiger partial charge is 0.356 e. The molecular weight excluding hydrogens is 369 g/mol. The molecule has 4 rings (SSSR count). The summed E-state index contributed by atoms with van der Waals surface area (Å²) in [6.45, 7) is 3.03. The molecule has 3 aromatic rings. The zero-order chi connectivity index (χ0) is 19.9. The lowest BCUT2D eigenvalue weighted by Gasteiger charge is -2.35. The number of nitrogens with zero attached hydrogens (tertiary/aromatic N) is 5. The van der Waals surface area contributed by atoms with E-state index >= 15 is 0 Å². The largest absolute Gasteiger partial charge is 0.418 e. The molecule has 0 atom stereocenters. The molecule has 4 heterocycles. The van der Waals surface area contributed by atoms with Crippen LogP contribution in [0.15, 0.2) is 30.5 Å². The van der Waals surface area contributed by atoms with E-state index in [1.807, 2.05) is 11.8 Å². The molecular formula is C19H17F3N6. The lowest BCUT2D eigenvalue weighted by molar-refractivity contribution is -0.137. The van der Waals surface area contributed by atoms with Gasteiger partial charge in [0.15, 0.2) is 5.65 Å². The van der Waals surface area contributed by atoms with Gasteiger partial charge in [-0.3, -0.25) is 5.10 Å². The molecule has 0 saturated carbocycles. The average molecular weight is 386 g/mol. The van der Waals surface area contributed by atoms with Crippen molar-refractivity contribution in [2.24, 2.45) is 5.41 Å². The molecule has 1 aliphatic rings. The van der Waals surface area contributed by atoms with Gasteiger partial charge in [0, 0.05) is 24.7 Å². The molecule has 3 aromatic heterocycles. The molecule has 0 spiro atoms. The van der Waals surface area contributed by atoms with Gasteiger partial charge in [-0.2, -0.15) is 23.5 Å². The van der Waals surface area contributed by atoms with E-state index in [1.165, 1.54) is 12.3 Å². The SMILES string of the molecule is CC1(C#N)CCN(c2ccc(C(F)(F)F)c(-c3[nH]nc4ncccc34)n2)CC1. The van der Waals surface area contributed by atoms with Gasteiger partial charge in [0.2, 0.25) is 0 Å². The Bertz CT molecular complexity index is 1060. The van der Waals surface area contributed by atoms with Crippen LogP contribution < -0.4 is 4.90 Å². The number of anilines is 1. The third kappa shape index (κ3) is 3.15. The van der Waals surface area contributed by atoms with Crippen molar-refractivity contribution < 1.29 is 13.2 Å². The second-order valence-corrected chi connectivity index (χ2v) is 7.20. The fourth-order valence-electron chi connectivity index (χ4n) is 3.42. The fraction of sp³-hybridized carbons (Fsp3) is 0.368. The van der Waals surface area contributed by atoms with Crippen LogP contribution in [0.1, 0.15) is 25.3 Å². The van der Waals surface area contributed by atoms with E-state index in [0.29, 0.717) is 42.8 Å². The van der Waals surface area contributed by atoms with Crippen LogP contribution in [0.2, 0.25) is 0 Å². The van der Waals surface area contributed by atoms with Crippen LogP contribution in [0.3, 0.4) is 0 Å². The number of hydrogen-bond acceptors (Lipinski definition) is 5. The fourth-order valence-corrected chi connectivity index (χ4v) is 3.42. The first kappa shape index (κ1) is 18.2. The highest BCUT2D eigenvalue weighted by Gasteiger charge is 2.37. The summed E-state index contributed by atoms with van der Waals surface area (Å²) in [5.74, 6) is 0.453. The first-order valence-corrected chi connectivity index (χ1v) is 8.85. The first-order valence-electron chi connectivity index (χ1n) is 8.85. The van der Waals surface area contributed by atoms with Crippen LogP contribution in [-0.4, -0.2) is 33.3 Å². The molecule has 1 fully saturated rings. The number of nitrogens with one attached hydrogen (secondary N) is 1. The number of halogens is 3. The summed E-state index contributed by atoms with van der Waals surface area (Å²) in [6.07, 6.45) is -1.75. The van der Waals surface area contributed by atoms with Gasteiger partial charge in [-0.25, -0.2) is 9.97 Å². The number of fused-ring (bicyclic) bond motifs is 1. The third-order valence-corrected chi connectivity index (χ3v) is 5.21. The lowest BCUT2D eigenvalue weighted by atomic mass is 9.82. The summed E-state index contributed by atoms with van der Waals surface area (Å²) in [5, 5.41) is 16.4. The van der Waals surface area contributed by atoms with Crippen molar-refractivity contribution in [1.82, 2.24) is 20.2 Å². The summed E-state index contributed by atoms with van der Waals surface area (Å²) >= 11 is 0. The van der Waals surface area contributed by atoms with Crippen LogP contribution in [0.25, 0.3) is 22.4 Å². The highest BCUT2D eigenvalue weighted by atomic mass is 19.4. The molecule has 0 radical (unpaired) electrons. The zero-order valence-electron chi connectivity index (χ0n) is 15.1. The van der Waals surface area contributed by atoms with Crippen LogP contribution in [-0.2, 0) is 6.18 Å². The minimum atomic E-state index is -4.55. The molecule has 6 nitrogen and oxygen atoms in total. The van der Waals surface area contributed by atoms with Crippen molar-refractivity contribution in [3.63, 3.8) is 0 Å². The predicted molar refractivity (Wildman–Crippen MR) is 97.3 cm³/mol. The second-order valence-electron chi connectivity index (χ2n) is 7.20. The van der Waals surface area contributed by atoms with Gasteiger partial charge in [0.25, 0.3) is 0 Å². The van der Waals surface area contributed by atoms with Gasteiger partial charge in [0.05, 0.1) is 22.7 Å². The number of H-pyrrole nitrogens is 1. The first-order chi connectivity index (χ1) is 13.3. The monoisotopic (exact) mass is 386 g/mol. The molecule has 9 heteroatoms. The standard InChI is InChI=1S/C19H17F3N6/c1-18(11-23)6-9-28(10-7-18)14-5-4-13(19(20,21)22)16(25-14)15-12-3-2-8-24-17(12)27-26-15/h2-5,8H,6-7,9-10H2,1H3,(H,24,26,27). The topological polar surface area (TPSA) is 81.5 Å². The van der Waals surface area contributed by atoms with Gasteiger partial charge >= 0.3 is 6.18 Å². The third-order valence-electron chi connectivity index (χ3n) is 5.21. The van der Waals surface area contributed by atoms with E-state index in [2.05, 4.69) is 26.2 Å². The number of nitriles is 1. The number of rotatable bonds is 2. The Labute approximate surface area is 159 Å². The normalized spacial score (nSPS) is 16.9. The molecule has 0 aromatic carbocycles. The predicted octanol–water partition coefficient (Wildman–Crippen LogP) is 4.17. The Kier molecular flexibility index (Phi) is 4.22. The number of aromatic nitrogens is 4. The van der Waals surface area contributed by atoms with Crippen LogP contribution in [0, 0.1) is 16.7 Å². The number of piperidine rings is 1. The van der Waals surface area contributed by atoms with Gasteiger partial charge in [-0.05, 0) is 44.0 Å². The quantitative estimate of drug-likeness (QED) is 0.715. The average Bonchev–Trinajstić information content (AvgIpc) is 3.11. The summed E-state index contributed by atoms with van der Waals surface area (Å²) in [4.78, 5) is 10.3. The summed E-state index contributed by atoms with van der Waals surface area (Å²) in [5.41, 5.74) is -0.911. The maximum absolute atomic E-state index is 13.6. The van der Waals surface area contributed by atoms with Crippen molar-refractivity contribution >= 4 is 16.9 Å². The minimum absolute atomic E-state index is 0.191. The molecule has 0 bridgehead atoms. The van der Waals surface area contributed by atoms with E-state index < -0.39 is 17.2 Å². The van der Waals surface area contributed by atoms with Crippen molar-refractivity contribution in [2.75, 3.05) is 18.0 Å². The molecule has 1 saturated heterocycles. The van der Waals surface area contributed by atoms with E-state index in [0.717, 1.165) is 6.07 Å². The minimum Gasteiger partial charge on any atom is -0.356 e. The van der Waals surface area contributed by atoms with Crippen molar-refractivity contribution in [1.29, 1.82) is 5.26 Å². The van der Waals surface area contributed by atoms with Crippen molar-refractivity contribution in [3.05, 3.63) is 36.0 Å². The van der Waals surface area contributed by atoms with E-state index in [1.54, 1.807) is 12.1 Å².